The van der Waals surface area contributed by atoms with Gasteiger partial charge in [-0.15, -0.1) is 35.6 Å². The largest absolute Gasteiger partial charge is 0.123 e. The molecule has 0 saturated heterocycles. The Morgan fingerprint density at radius 1 is 1.50 bits per heavy atom. The second kappa shape index (κ2) is 3.94. The minimum atomic E-state index is 0. The molecule has 2 heteroatoms. The molecular formula is C6H12ClI. The first-order chi connectivity index (χ1) is 3.33. The summed E-state index contributed by atoms with van der Waals surface area (Å²) in [5.74, 6) is 0.961. The zero-order chi connectivity index (χ0) is 5.28. The number of hydrogen-bond acceptors (Lipinski definition) is 0. The summed E-state index contributed by atoms with van der Waals surface area (Å²) in [6, 6.07) is 0. The predicted molar refractivity (Wildman–Crippen MR) is 48.1 cm³/mol. The van der Waals surface area contributed by atoms with Gasteiger partial charge in [0.25, 0.3) is 0 Å². The lowest BCUT2D eigenvalue weighted by atomic mass is 9.83. The fraction of sp³-hybridized carbons (Fsp3) is 1.00. The van der Waals surface area contributed by atoms with Crippen molar-refractivity contribution in [3.05, 3.63) is 0 Å². The molecule has 0 N–H and O–H groups in total. The molecule has 1 aliphatic carbocycles. The number of alkyl halides is 1. The van der Waals surface area contributed by atoms with Gasteiger partial charge in [-0.05, 0) is 18.8 Å². The van der Waals surface area contributed by atoms with E-state index < -0.39 is 0 Å². The van der Waals surface area contributed by atoms with Gasteiger partial charge >= 0.3 is 0 Å². The van der Waals surface area contributed by atoms with E-state index in [0.29, 0.717) is 5.38 Å². The third-order valence-corrected chi connectivity index (χ3v) is 2.11. The van der Waals surface area contributed by atoms with Crippen molar-refractivity contribution in [3.8, 4) is 0 Å². The maximum absolute atomic E-state index is 5.72. The highest BCUT2D eigenvalue weighted by Gasteiger charge is 2.24. The van der Waals surface area contributed by atoms with Crippen LogP contribution in [0.25, 0.3) is 0 Å². The van der Waals surface area contributed by atoms with E-state index >= 15 is 0 Å². The molecule has 0 radical (unpaired) electrons. The lowest BCUT2D eigenvalue weighted by molar-refractivity contribution is 0.314. The van der Waals surface area contributed by atoms with Crippen molar-refractivity contribution in [2.24, 2.45) is 5.92 Å². The lowest BCUT2D eigenvalue weighted by Crippen LogP contribution is -2.22. The van der Waals surface area contributed by atoms with E-state index in [-0.39, 0.29) is 24.0 Å². The standard InChI is InChI=1S/C6H11Cl.HI/c1-2-5-3-6(7)4-5;/h5-6H,2-4H2,1H3;1H. The Morgan fingerprint density at radius 3 is 2.12 bits per heavy atom. The summed E-state index contributed by atoms with van der Waals surface area (Å²) in [4.78, 5) is 0. The van der Waals surface area contributed by atoms with E-state index in [1.165, 1.54) is 19.3 Å². The smallest absolute Gasteiger partial charge is 0.0341 e. The van der Waals surface area contributed by atoms with Gasteiger partial charge in [-0.25, -0.2) is 0 Å². The molecular weight excluding hydrogens is 234 g/mol. The topological polar surface area (TPSA) is 0 Å². The maximum Gasteiger partial charge on any atom is 0.0341 e. The fourth-order valence-electron chi connectivity index (χ4n) is 0.988. The average Bonchev–Trinajstić information content (AvgIpc) is 1.58. The van der Waals surface area contributed by atoms with Crippen molar-refractivity contribution in [3.63, 3.8) is 0 Å². The Hall–Kier alpha value is 1.02. The molecule has 1 fully saturated rings. The van der Waals surface area contributed by atoms with Gasteiger partial charge in [0.2, 0.25) is 0 Å². The van der Waals surface area contributed by atoms with Crippen LogP contribution in [0.1, 0.15) is 26.2 Å². The van der Waals surface area contributed by atoms with Crippen molar-refractivity contribution in [1.29, 1.82) is 0 Å². The monoisotopic (exact) mass is 246 g/mol. The predicted octanol–water partition coefficient (Wildman–Crippen LogP) is 3.03. The molecule has 0 heterocycles. The van der Waals surface area contributed by atoms with E-state index in [1.807, 2.05) is 0 Å². The van der Waals surface area contributed by atoms with Gasteiger partial charge in [-0.1, -0.05) is 13.3 Å². The van der Waals surface area contributed by atoms with Gasteiger partial charge in [0, 0.05) is 5.38 Å². The molecule has 0 spiro atoms. The summed E-state index contributed by atoms with van der Waals surface area (Å²) in [5, 5.41) is 0.518. The molecule has 0 atom stereocenters. The molecule has 0 nitrogen and oxygen atoms in total. The lowest BCUT2D eigenvalue weighted by Gasteiger charge is -2.29. The van der Waals surface area contributed by atoms with Gasteiger partial charge < -0.3 is 0 Å². The van der Waals surface area contributed by atoms with Gasteiger partial charge in [-0.3, -0.25) is 0 Å². The van der Waals surface area contributed by atoms with Crippen LogP contribution in [0.3, 0.4) is 0 Å². The normalized spacial score (nSPS) is 35.2. The highest BCUT2D eigenvalue weighted by Crippen LogP contribution is 2.33. The summed E-state index contributed by atoms with van der Waals surface area (Å²) in [6.07, 6.45) is 3.85. The Balaban J connectivity index is 0.000000490. The average molecular weight is 247 g/mol. The van der Waals surface area contributed by atoms with Crippen LogP contribution >= 0.6 is 35.6 Å². The summed E-state index contributed by atoms with van der Waals surface area (Å²) in [7, 11) is 0. The molecule has 50 valence electrons. The SMILES string of the molecule is CCC1CC(Cl)C1.I. The van der Waals surface area contributed by atoms with E-state index in [1.54, 1.807) is 0 Å². The Kier molecular flexibility index (Phi) is 4.44. The van der Waals surface area contributed by atoms with Gasteiger partial charge in [0.1, 0.15) is 0 Å². The number of hydrogen-bond donors (Lipinski definition) is 0. The molecule has 1 saturated carbocycles. The fourth-order valence-corrected chi connectivity index (χ4v) is 1.49. The molecule has 1 aliphatic rings. The van der Waals surface area contributed by atoms with Crippen LogP contribution in [-0.4, -0.2) is 5.38 Å². The van der Waals surface area contributed by atoms with Crippen LogP contribution in [0.5, 0.6) is 0 Å². The third-order valence-electron chi connectivity index (χ3n) is 1.76. The summed E-state index contributed by atoms with van der Waals surface area (Å²) in [6.45, 7) is 2.23. The first-order valence-electron chi connectivity index (χ1n) is 2.97. The minimum Gasteiger partial charge on any atom is -0.123 e. The second-order valence-corrected chi connectivity index (χ2v) is 2.96. The van der Waals surface area contributed by atoms with Crippen LogP contribution in [0.15, 0.2) is 0 Å². The summed E-state index contributed by atoms with van der Waals surface area (Å²) < 4.78 is 0. The molecule has 8 heavy (non-hydrogen) atoms. The first kappa shape index (κ1) is 9.02. The van der Waals surface area contributed by atoms with Gasteiger partial charge in [0.05, 0.1) is 0 Å². The van der Waals surface area contributed by atoms with Crippen LogP contribution in [0.4, 0.5) is 0 Å². The Morgan fingerprint density at radius 2 is 2.00 bits per heavy atom. The number of rotatable bonds is 1. The van der Waals surface area contributed by atoms with Crippen LogP contribution in [0.2, 0.25) is 0 Å². The summed E-state index contributed by atoms with van der Waals surface area (Å²) in [5.41, 5.74) is 0. The van der Waals surface area contributed by atoms with Crippen molar-refractivity contribution in [2.45, 2.75) is 31.6 Å². The second-order valence-electron chi connectivity index (χ2n) is 2.34. The van der Waals surface area contributed by atoms with Gasteiger partial charge in [-0.2, -0.15) is 0 Å². The van der Waals surface area contributed by atoms with Crippen molar-refractivity contribution < 1.29 is 0 Å². The third kappa shape index (κ3) is 2.09. The quantitative estimate of drug-likeness (QED) is 0.493. The number of halogens is 2. The Bertz CT molecular complexity index is 59.5. The summed E-state index contributed by atoms with van der Waals surface area (Å²) >= 11 is 5.72. The zero-order valence-electron chi connectivity index (χ0n) is 5.06. The highest BCUT2D eigenvalue weighted by molar-refractivity contribution is 14.0. The molecule has 0 bridgehead atoms. The molecule has 0 aliphatic heterocycles. The van der Waals surface area contributed by atoms with E-state index in [9.17, 15) is 0 Å². The van der Waals surface area contributed by atoms with Crippen LogP contribution in [-0.2, 0) is 0 Å². The molecule has 0 aromatic heterocycles. The van der Waals surface area contributed by atoms with Crippen molar-refractivity contribution >= 4 is 35.6 Å². The van der Waals surface area contributed by atoms with E-state index in [4.69, 9.17) is 11.6 Å². The minimum absolute atomic E-state index is 0. The van der Waals surface area contributed by atoms with Crippen molar-refractivity contribution in [1.82, 2.24) is 0 Å². The zero-order valence-corrected chi connectivity index (χ0v) is 8.15. The molecule has 0 unspecified atom stereocenters. The van der Waals surface area contributed by atoms with Crippen LogP contribution in [0, 0.1) is 5.92 Å². The molecule has 0 aromatic carbocycles. The van der Waals surface area contributed by atoms with Crippen molar-refractivity contribution in [2.75, 3.05) is 0 Å². The van der Waals surface area contributed by atoms with E-state index in [0.717, 1.165) is 5.92 Å². The molecule has 0 aromatic rings. The van der Waals surface area contributed by atoms with E-state index in [2.05, 4.69) is 6.92 Å². The van der Waals surface area contributed by atoms with Crippen LogP contribution < -0.4 is 0 Å². The molecule has 1 rings (SSSR count). The highest BCUT2D eigenvalue weighted by atomic mass is 127. The Labute approximate surface area is 73.0 Å². The maximum atomic E-state index is 5.72. The first-order valence-corrected chi connectivity index (χ1v) is 3.40. The van der Waals surface area contributed by atoms with Gasteiger partial charge in [0.15, 0.2) is 0 Å². The molecule has 0 amide bonds.